The smallest absolute Gasteiger partial charge is 0.317 e. The molecule has 0 fully saturated rings. The lowest BCUT2D eigenvalue weighted by atomic mass is 10.2. The van der Waals surface area contributed by atoms with Gasteiger partial charge in [0.15, 0.2) is 22.9 Å². The van der Waals surface area contributed by atoms with Crippen molar-refractivity contribution in [1.29, 1.82) is 0 Å². The van der Waals surface area contributed by atoms with Gasteiger partial charge in [0, 0.05) is 10.5 Å². The van der Waals surface area contributed by atoms with Crippen LogP contribution >= 0.6 is 43.2 Å². The Morgan fingerprint density at radius 3 is 2.52 bits per heavy atom. The van der Waals surface area contributed by atoms with Gasteiger partial charge in [0.05, 0.1) is 20.7 Å². The molecule has 0 bridgehead atoms. The van der Waals surface area contributed by atoms with E-state index in [1.165, 1.54) is 11.3 Å². The van der Waals surface area contributed by atoms with E-state index in [1.54, 1.807) is 17.5 Å². The van der Waals surface area contributed by atoms with Crippen LogP contribution in [0.25, 0.3) is 16.2 Å². The van der Waals surface area contributed by atoms with Crippen LogP contribution in [0.15, 0.2) is 44.7 Å². The zero-order valence-electron chi connectivity index (χ0n) is 14.8. The van der Waals surface area contributed by atoms with E-state index in [9.17, 15) is 26.7 Å². The number of carbonyl (C=O) groups excluding carboxylic acids is 1. The van der Waals surface area contributed by atoms with Crippen LogP contribution in [-0.4, -0.2) is 20.5 Å². The summed E-state index contributed by atoms with van der Waals surface area (Å²) in [4.78, 5) is 17.4. The van der Waals surface area contributed by atoms with Gasteiger partial charge in [0.25, 0.3) is 5.91 Å². The minimum atomic E-state index is -4.79. The normalized spacial score (nSPS) is 11.8. The maximum atomic E-state index is 14.0. The third-order valence-electron chi connectivity index (χ3n) is 4.06. The number of nitrogens with one attached hydrogen (secondary N) is 1. The number of fused-ring (bicyclic) bond motifs is 1. The number of amides is 1. The number of halogens is 7. The third-order valence-corrected chi connectivity index (χ3v) is 6.31. The first-order valence-electron chi connectivity index (χ1n) is 8.22. The molecular weight excluding hydrogens is 575 g/mol. The summed E-state index contributed by atoms with van der Waals surface area (Å²) in [7, 11) is 0. The fourth-order valence-corrected chi connectivity index (χ4v) is 4.43. The Balaban J connectivity index is 1.85. The third kappa shape index (κ3) is 4.08. The first-order valence-corrected chi connectivity index (χ1v) is 10.7. The van der Waals surface area contributed by atoms with E-state index in [-0.39, 0.29) is 20.3 Å². The highest BCUT2D eigenvalue weighted by Gasteiger charge is 2.37. The van der Waals surface area contributed by atoms with Gasteiger partial charge in [-0.25, -0.2) is 18.3 Å². The van der Waals surface area contributed by atoms with E-state index < -0.39 is 40.8 Å². The van der Waals surface area contributed by atoms with Crippen molar-refractivity contribution in [3.63, 3.8) is 0 Å². The molecule has 1 aromatic carbocycles. The molecule has 4 aromatic rings. The first kappa shape index (κ1) is 21.8. The summed E-state index contributed by atoms with van der Waals surface area (Å²) in [6, 6.07) is 5.58. The van der Waals surface area contributed by atoms with Crippen molar-refractivity contribution in [2.45, 2.75) is 6.18 Å². The SMILES string of the molecule is O=C(Nc1c(F)cc(F)cc1Br)c1nn2c(C(F)(F)F)cc(-c3cccs3)nc2c1Br. The van der Waals surface area contributed by atoms with Crippen LogP contribution in [-0.2, 0) is 6.18 Å². The maximum Gasteiger partial charge on any atom is 0.433 e. The van der Waals surface area contributed by atoms with E-state index in [4.69, 9.17) is 0 Å². The molecule has 160 valence electrons. The van der Waals surface area contributed by atoms with Crippen LogP contribution in [0, 0.1) is 11.6 Å². The van der Waals surface area contributed by atoms with Gasteiger partial charge in [0.2, 0.25) is 0 Å². The molecule has 5 nitrogen and oxygen atoms in total. The average molecular weight is 582 g/mol. The molecule has 3 heterocycles. The number of carbonyl (C=O) groups is 1. The maximum absolute atomic E-state index is 14.0. The molecular formula is C18H7Br2F5N4OS. The second-order valence-corrected chi connectivity index (χ2v) is 8.69. The van der Waals surface area contributed by atoms with Gasteiger partial charge < -0.3 is 5.32 Å². The van der Waals surface area contributed by atoms with E-state index in [1.807, 2.05) is 0 Å². The Morgan fingerprint density at radius 1 is 1.16 bits per heavy atom. The van der Waals surface area contributed by atoms with Crippen LogP contribution < -0.4 is 5.32 Å². The summed E-state index contributed by atoms with van der Waals surface area (Å²) < 4.78 is 68.6. The van der Waals surface area contributed by atoms with Crippen LogP contribution in [0.3, 0.4) is 0 Å². The lowest BCUT2D eigenvalue weighted by molar-refractivity contribution is -0.142. The van der Waals surface area contributed by atoms with Gasteiger partial charge in [-0.2, -0.15) is 18.3 Å². The number of nitrogens with zero attached hydrogens (tertiary/aromatic N) is 3. The Bertz CT molecular complexity index is 1300. The molecule has 13 heteroatoms. The topological polar surface area (TPSA) is 59.3 Å². The minimum absolute atomic E-state index is 0.0507. The molecule has 0 saturated heterocycles. The summed E-state index contributed by atoms with van der Waals surface area (Å²) in [5.41, 5.74) is -2.19. The zero-order chi connectivity index (χ0) is 22.5. The van der Waals surface area contributed by atoms with Gasteiger partial charge >= 0.3 is 6.18 Å². The van der Waals surface area contributed by atoms with E-state index in [0.717, 1.165) is 12.1 Å². The second kappa shape index (κ2) is 7.95. The molecule has 0 saturated carbocycles. The van der Waals surface area contributed by atoms with Crippen LogP contribution in [0.5, 0.6) is 0 Å². The minimum Gasteiger partial charge on any atom is -0.317 e. The molecule has 0 atom stereocenters. The van der Waals surface area contributed by atoms with Crippen LogP contribution in [0.1, 0.15) is 16.2 Å². The van der Waals surface area contributed by atoms with Gasteiger partial charge in [-0.3, -0.25) is 4.79 Å². The summed E-state index contributed by atoms with van der Waals surface area (Å²) in [5.74, 6) is -2.97. The van der Waals surface area contributed by atoms with Gasteiger partial charge in [0.1, 0.15) is 5.82 Å². The van der Waals surface area contributed by atoms with Gasteiger partial charge in [-0.15, -0.1) is 11.3 Å². The van der Waals surface area contributed by atoms with E-state index in [0.29, 0.717) is 15.5 Å². The number of thiophene rings is 1. The Hall–Kier alpha value is -2.38. The molecule has 0 aliphatic rings. The van der Waals surface area contributed by atoms with Crippen molar-refractivity contribution in [2.75, 3.05) is 5.32 Å². The summed E-state index contributed by atoms with van der Waals surface area (Å²) in [6.45, 7) is 0. The van der Waals surface area contributed by atoms with Crippen LogP contribution in [0.2, 0.25) is 0 Å². The zero-order valence-corrected chi connectivity index (χ0v) is 18.8. The van der Waals surface area contributed by atoms with Crippen molar-refractivity contribution in [2.24, 2.45) is 0 Å². The van der Waals surface area contributed by atoms with E-state index in [2.05, 4.69) is 47.3 Å². The number of hydrogen-bond donors (Lipinski definition) is 1. The largest absolute Gasteiger partial charge is 0.433 e. The lowest BCUT2D eigenvalue weighted by Crippen LogP contribution is -2.16. The molecule has 1 N–H and O–H groups in total. The highest BCUT2D eigenvalue weighted by molar-refractivity contribution is 9.11. The molecule has 0 unspecified atom stereocenters. The van der Waals surface area contributed by atoms with Gasteiger partial charge in [-0.05, 0) is 55.4 Å². The van der Waals surface area contributed by atoms with E-state index >= 15 is 0 Å². The number of aromatic nitrogens is 3. The number of rotatable bonds is 3. The summed E-state index contributed by atoms with van der Waals surface area (Å²) in [6.07, 6.45) is -4.79. The number of benzene rings is 1. The van der Waals surface area contributed by atoms with Crippen molar-refractivity contribution in [3.05, 3.63) is 67.7 Å². The van der Waals surface area contributed by atoms with Crippen molar-refractivity contribution in [1.82, 2.24) is 14.6 Å². The Morgan fingerprint density at radius 2 is 1.90 bits per heavy atom. The standard InChI is InChI=1S/C18H7Br2F5N4OS/c19-8-4-7(21)5-9(22)14(8)27-17(30)15-13(20)16-26-10(11-2-1-3-31-11)6-12(18(23,24)25)29(16)28-15/h1-6H,(H,27,30). The molecule has 4 rings (SSSR count). The van der Waals surface area contributed by atoms with Gasteiger partial charge in [-0.1, -0.05) is 6.07 Å². The summed E-state index contributed by atoms with van der Waals surface area (Å²) >= 11 is 7.20. The van der Waals surface area contributed by atoms with Crippen molar-refractivity contribution in [3.8, 4) is 10.6 Å². The van der Waals surface area contributed by atoms with Crippen molar-refractivity contribution >= 4 is 60.4 Å². The fraction of sp³-hybridized carbons (Fsp3) is 0.0556. The summed E-state index contributed by atoms with van der Waals surface area (Å²) in [5, 5.41) is 7.61. The predicted molar refractivity (Wildman–Crippen MR) is 111 cm³/mol. The number of alkyl halides is 3. The molecule has 0 spiro atoms. The van der Waals surface area contributed by atoms with Crippen LogP contribution in [0.4, 0.5) is 27.6 Å². The number of hydrogen-bond acceptors (Lipinski definition) is 4. The van der Waals surface area contributed by atoms with Crippen molar-refractivity contribution < 1.29 is 26.7 Å². The predicted octanol–water partition coefficient (Wildman–Crippen LogP) is 6.53. The highest BCUT2D eigenvalue weighted by atomic mass is 79.9. The molecule has 1 amide bonds. The average Bonchev–Trinajstić information content (AvgIpc) is 3.31. The fourth-order valence-electron chi connectivity index (χ4n) is 2.72. The molecule has 3 aromatic heterocycles. The number of anilines is 1. The first-order chi connectivity index (χ1) is 14.6. The Labute approximate surface area is 191 Å². The quantitative estimate of drug-likeness (QED) is 0.280. The molecule has 31 heavy (non-hydrogen) atoms. The molecule has 0 aliphatic heterocycles. The monoisotopic (exact) mass is 580 g/mol. The highest BCUT2D eigenvalue weighted by Crippen LogP contribution is 2.36. The molecule has 0 radical (unpaired) electrons. The molecule has 0 aliphatic carbocycles. The second-order valence-electron chi connectivity index (χ2n) is 6.10. The Kier molecular flexibility index (Phi) is 5.60. The lowest BCUT2D eigenvalue weighted by Gasteiger charge is -2.10.